The molecule has 178 valence electrons. The molecule has 1 saturated heterocycles. The lowest BCUT2D eigenvalue weighted by atomic mass is 9.97. The molecule has 0 amide bonds. The Morgan fingerprint density at radius 3 is 2.36 bits per heavy atom. The molecule has 3 rings (SSSR count). The number of aromatic carboxylic acids is 1. The summed E-state index contributed by atoms with van der Waals surface area (Å²) in [6.45, 7) is 3.18. The zero-order valence-electron chi connectivity index (χ0n) is 18.0. The van der Waals surface area contributed by atoms with Crippen LogP contribution in [0.1, 0.15) is 16.1 Å². The number of carbonyl (C=O) groups excluding carboxylic acids is 1. The number of rotatable bonds is 8. The number of hydrogen-bond acceptors (Lipinski definition) is 7. The number of methoxy groups -OCH3 is 1. The number of piperazine rings is 1. The SMILES string of the molecule is COC(=O)CN1CCN(CCOc2cccc(-c3cccnc3C(=O)O)c2C(F)(F)F)CC1. The summed E-state index contributed by atoms with van der Waals surface area (Å²) in [7, 11) is 1.33. The molecule has 11 heteroatoms. The average molecular weight is 467 g/mol. The highest BCUT2D eigenvalue weighted by atomic mass is 19.4. The van der Waals surface area contributed by atoms with Crippen LogP contribution < -0.4 is 4.74 Å². The Bertz CT molecular complexity index is 991. The van der Waals surface area contributed by atoms with E-state index in [1.165, 1.54) is 43.6 Å². The molecule has 0 atom stereocenters. The molecular formula is C22H24F3N3O5. The Labute approximate surface area is 188 Å². The van der Waals surface area contributed by atoms with Crippen molar-refractivity contribution in [2.45, 2.75) is 6.18 Å². The minimum absolute atomic E-state index is 0.0162. The number of carbonyl (C=O) groups is 2. The van der Waals surface area contributed by atoms with E-state index >= 15 is 0 Å². The first kappa shape index (κ1) is 24.5. The Hall–Kier alpha value is -3.18. The number of ether oxygens (including phenoxy) is 2. The van der Waals surface area contributed by atoms with E-state index in [0.29, 0.717) is 32.7 Å². The Balaban J connectivity index is 1.72. The van der Waals surface area contributed by atoms with Gasteiger partial charge in [-0.15, -0.1) is 0 Å². The van der Waals surface area contributed by atoms with Gasteiger partial charge in [0.15, 0.2) is 5.69 Å². The third kappa shape index (κ3) is 6.20. The highest BCUT2D eigenvalue weighted by molar-refractivity contribution is 5.94. The molecule has 1 aromatic heterocycles. The van der Waals surface area contributed by atoms with Crippen molar-refractivity contribution in [1.29, 1.82) is 0 Å². The number of nitrogens with zero attached hydrogens (tertiary/aromatic N) is 3. The number of halogens is 3. The molecule has 0 radical (unpaired) electrons. The topological polar surface area (TPSA) is 92.2 Å². The summed E-state index contributed by atoms with van der Waals surface area (Å²) in [6, 6.07) is 6.50. The number of pyridine rings is 1. The molecule has 0 unspecified atom stereocenters. The Morgan fingerprint density at radius 1 is 1.06 bits per heavy atom. The Kier molecular flexibility index (Phi) is 7.88. The minimum Gasteiger partial charge on any atom is -0.492 e. The van der Waals surface area contributed by atoms with Gasteiger partial charge >= 0.3 is 18.1 Å². The number of esters is 1. The van der Waals surface area contributed by atoms with Crippen molar-refractivity contribution in [3.05, 3.63) is 47.8 Å². The van der Waals surface area contributed by atoms with Gasteiger partial charge < -0.3 is 14.6 Å². The minimum atomic E-state index is -4.77. The van der Waals surface area contributed by atoms with Crippen LogP contribution in [-0.4, -0.2) is 84.8 Å². The fourth-order valence-corrected chi connectivity index (χ4v) is 3.66. The van der Waals surface area contributed by atoms with Crippen LogP contribution in [0.15, 0.2) is 36.5 Å². The molecule has 1 aliphatic heterocycles. The first-order valence-electron chi connectivity index (χ1n) is 10.2. The molecule has 2 aromatic rings. The van der Waals surface area contributed by atoms with Crippen LogP contribution in [0.5, 0.6) is 5.75 Å². The van der Waals surface area contributed by atoms with Crippen molar-refractivity contribution in [2.75, 3.05) is 53.0 Å². The third-order valence-corrected chi connectivity index (χ3v) is 5.32. The van der Waals surface area contributed by atoms with E-state index in [1.807, 2.05) is 9.80 Å². The highest BCUT2D eigenvalue weighted by Gasteiger charge is 2.38. The number of hydrogen-bond donors (Lipinski definition) is 1. The maximum atomic E-state index is 14.0. The van der Waals surface area contributed by atoms with Crippen molar-refractivity contribution in [2.24, 2.45) is 0 Å². The fourth-order valence-electron chi connectivity index (χ4n) is 3.66. The fraction of sp³-hybridized carbons (Fsp3) is 0.409. The zero-order chi connectivity index (χ0) is 24.0. The lowest BCUT2D eigenvalue weighted by Gasteiger charge is -2.33. The van der Waals surface area contributed by atoms with Crippen LogP contribution in [0.25, 0.3) is 11.1 Å². The second-order valence-corrected chi connectivity index (χ2v) is 7.42. The van der Waals surface area contributed by atoms with E-state index in [-0.39, 0.29) is 36.0 Å². The van der Waals surface area contributed by atoms with E-state index in [4.69, 9.17) is 4.74 Å². The first-order chi connectivity index (χ1) is 15.7. The van der Waals surface area contributed by atoms with Gasteiger partial charge in [0, 0.05) is 50.0 Å². The number of carboxylic acids is 1. The van der Waals surface area contributed by atoms with E-state index in [9.17, 15) is 27.9 Å². The number of carboxylic acid groups (broad SMARTS) is 1. The van der Waals surface area contributed by atoms with E-state index in [1.54, 1.807) is 0 Å². The van der Waals surface area contributed by atoms with Gasteiger partial charge in [0.1, 0.15) is 17.9 Å². The summed E-state index contributed by atoms with van der Waals surface area (Å²) in [5.41, 5.74) is -1.94. The van der Waals surface area contributed by atoms with Gasteiger partial charge in [0.25, 0.3) is 0 Å². The maximum absolute atomic E-state index is 14.0. The molecule has 8 nitrogen and oxygen atoms in total. The normalized spacial score (nSPS) is 15.3. The van der Waals surface area contributed by atoms with Gasteiger partial charge in [-0.05, 0) is 12.1 Å². The highest BCUT2D eigenvalue weighted by Crippen LogP contribution is 2.43. The third-order valence-electron chi connectivity index (χ3n) is 5.32. The van der Waals surface area contributed by atoms with Crippen LogP contribution >= 0.6 is 0 Å². The summed E-state index contributed by atoms with van der Waals surface area (Å²) >= 11 is 0. The van der Waals surface area contributed by atoms with Gasteiger partial charge in [0.2, 0.25) is 0 Å². The van der Waals surface area contributed by atoms with Crippen molar-refractivity contribution < 1.29 is 37.3 Å². The smallest absolute Gasteiger partial charge is 0.420 e. The molecular weight excluding hydrogens is 443 g/mol. The summed E-state index contributed by atoms with van der Waals surface area (Å²) in [5.74, 6) is -2.10. The molecule has 0 spiro atoms. The molecule has 1 aromatic carbocycles. The van der Waals surface area contributed by atoms with Gasteiger partial charge in [-0.1, -0.05) is 18.2 Å². The predicted molar refractivity (Wildman–Crippen MR) is 112 cm³/mol. The number of aromatic nitrogens is 1. The monoisotopic (exact) mass is 467 g/mol. The van der Waals surface area contributed by atoms with E-state index in [2.05, 4.69) is 9.72 Å². The molecule has 1 N–H and O–H groups in total. The van der Waals surface area contributed by atoms with Crippen molar-refractivity contribution in [3.8, 4) is 16.9 Å². The molecule has 1 aliphatic rings. The second kappa shape index (κ2) is 10.6. The largest absolute Gasteiger partial charge is 0.492 e. The molecule has 33 heavy (non-hydrogen) atoms. The first-order valence-corrected chi connectivity index (χ1v) is 10.2. The van der Waals surface area contributed by atoms with Crippen LogP contribution in [-0.2, 0) is 15.7 Å². The summed E-state index contributed by atoms with van der Waals surface area (Å²) < 4.78 is 52.1. The van der Waals surface area contributed by atoms with E-state index in [0.717, 1.165) is 0 Å². The van der Waals surface area contributed by atoms with Gasteiger partial charge in [-0.3, -0.25) is 14.6 Å². The quantitative estimate of drug-likeness (QED) is 0.593. The lowest BCUT2D eigenvalue weighted by molar-refractivity contribution is -0.142. The second-order valence-electron chi connectivity index (χ2n) is 7.42. The predicted octanol–water partition coefficient (Wildman–Crippen LogP) is 2.64. The van der Waals surface area contributed by atoms with Crippen LogP contribution in [0.2, 0.25) is 0 Å². The van der Waals surface area contributed by atoms with Crippen molar-refractivity contribution in [3.63, 3.8) is 0 Å². The van der Waals surface area contributed by atoms with Crippen LogP contribution in [0, 0.1) is 0 Å². The van der Waals surface area contributed by atoms with E-state index < -0.39 is 23.4 Å². The molecule has 0 aliphatic carbocycles. The van der Waals surface area contributed by atoms with Gasteiger partial charge in [0.05, 0.1) is 13.7 Å². The average Bonchev–Trinajstić information content (AvgIpc) is 2.79. The molecule has 1 fully saturated rings. The van der Waals surface area contributed by atoms with Crippen molar-refractivity contribution >= 4 is 11.9 Å². The number of benzene rings is 1. The van der Waals surface area contributed by atoms with Gasteiger partial charge in [-0.25, -0.2) is 9.78 Å². The standard InChI is InChI=1S/C22H24F3N3O5/c1-32-18(29)14-28-10-8-27(9-11-28)12-13-33-17-6-2-4-15(19(17)22(23,24)25)16-5-3-7-26-20(16)21(30)31/h2-7H,8-14H2,1H3,(H,30,31). The number of alkyl halides is 3. The maximum Gasteiger partial charge on any atom is 0.420 e. The van der Waals surface area contributed by atoms with Gasteiger partial charge in [-0.2, -0.15) is 13.2 Å². The zero-order valence-corrected chi connectivity index (χ0v) is 18.0. The summed E-state index contributed by atoms with van der Waals surface area (Å²) in [5, 5.41) is 9.35. The summed E-state index contributed by atoms with van der Waals surface area (Å²) in [6.07, 6.45) is -3.55. The molecule has 2 heterocycles. The lowest BCUT2D eigenvalue weighted by Crippen LogP contribution is -2.48. The Morgan fingerprint density at radius 2 is 1.73 bits per heavy atom. The molecule has 0 saturated carbocycles. The van der Waals surface area contributed by atoms with Crippen LogP contribution in [0.4, 0.5) is 13.2 Å². The van der Waals surface area contributed by atoms with Crippen LogP contribution in [0.3, 0.4) is 0 Å². The van der Waals surface area contributed by atoms with Crippen molar-refractivity contribution in [1.82, 2.24) is 14.8 Å². The molecule has 0 bridgehead atoms. The summed E-state index contributed by atoms with van der Waals surface area (Å²) in [4.78, 5) is 30.5.